The fraction of sp³-hybridized carbons (Fsp3) is 0.136. The molecule has 0 saturated heterocycles. The summed E-state index contributed by atoms with van der Waals surface area (Å²) >= 11 is 0. The van der Waals surface area contributed by atoms with E-state index in [0.29, 0.717) is 0 Å². The summed E-state index contributed by atoms with van der Waals surface area (Å²) in [4.78, 5) is 4.93. The molecule has 0 radical (unpaired) electrons. The van der Waals surface area contributed by atoms with E-state index in [9.17, 15) is 0 Å². The van der Waals surface area contributed by atoms with Gasteiger partial charge in [0, 0.05) is 29.0 Å². The van der Waals surface area contributed by atoms with E-state index in [-0.39, 0.29) is 0 Å². The molecule has 4 rings (SSSR count). The second-order valence-corrected chi connectivity index (χ2v) is 6.49. The molecule has 2 heterocycles. The minimum Gasteiger partial charge on any atom is -0.324 e. The van der Waals surface area contributed by atoms with E-state index in [1.54, 1.807) is 0 Å². The van der Waals surface area contributed by atoms with E-state index in [0.717, 1.165) is 11.2 Å². The molecule has 0 fully saturated rings. The minimum atomic E-state index is 1.02. The first-order valence-electron chi connectivity index (χ1n) is 8.23. The molecule has 0 aliphatic rings. The number of hydrogen-bond acceptors (Lipinski definition) is 1. The maximum Gasteiger partial charge on any atom is 0.0730 e. The highest BCUT2D eigenvalue weighted by Gasteiger charge is 2.07. The Kier molecular flexibility index (Phi) is 3.46. The van der Waals surface area contributed by atoms with E-state index in [2.05, 4.69) is 80.2 Å². The molecule has 2 aromatic carbocycles. The van der Waals surface area contributed by atoms with Crippen LogP contribution in [0.1, 0.15) is 16.7 Å². The largest absolute Gasteiger partial charge is 0.324 e. The standard InChI is InChI=1S/C22H20N2/c1-15-10-16(2)12-19(11-15)20-7-6-18-13-17(3)22(14-21(18)23-20)24-8-4-5-9-24/h4-14H,1-3H3. The molecule has 0 atom stereocenters. The fourth-order valence-corrected chi connectivity index (χ4v) is 3.33. The third-order valence-corrected chi connectivity index (χ3v) is 4.41. The lowest BCUT2D eigenvalue weighted by atomic mass is 10.0. The number of nitrogens with zero attached hydrogens (tertiary/aromatic N) is 2. The third-order valence-electron chi connectivity index (χ3n) is 4.41. The third kappa shape index (κ3) is 2.61. The number of rotatable bonds is 2. The van der Waals surface area contributed by atoms with Gasteiger partial charge in [-0.05, 0) is 68.8 Å². The van der Waals surface area contributed by atoms with Crippen LogP contribution in [0.5, 0.6) is 0 Å². The molecule has 2 heteroatoms. The van der Waals surface area contributed by atoms with Crippen LogP contribution >= 0.6 is 0 Å². The molecule has 118 valence electrons. The van der Waals surface area contributed by atoms with Crippen LogP contribution in [0.3, 0.4) is 0 Å². The molecule has 0 unspecified atom stereocenters. The van der Waals surface area contributed by atoms with Crippen molar-refractivity contribution < 1.29 is 0 Å². The average molecular weight is 312 g/mol. The van der Waals surface area contributed by atoms with Gasteiger partial charge in [-0.15, -0.1) is 0 Å². The van der Waals surface area contributed by atoms with Gasteiger partial charge in [0.1, 0.15) is 0 Å². The van der Waals surface area contributed by atoms with Crippen molar-refractivity contribution in [2.45, 2.75) is 20.8 Å². The second-order valence-electron chi connectivity index (χ2n) is 6.49. The number of benzene rings is 2. The first-order valence-corrected chi connectivity index (χ1v) is 8.23. The Bertz CT molecular complexity index is 1010. The van der Waals surface area contributed by atoms with Gasteiger partial charge >= 0.3 is 0 Å². The van der Waals surface area contributed by atoms with Crippen LogP contribution in [0.15, 0.2) is 67.0 Å². The lowest BCUT2D eigenvalue weighted by molar-refractivity contribution is 1.06. The number of aromatic nitrogens is 2. The molecule has 0 saturated carbocycles. The van der Waals surface area contributed by atoms with Gasteiger partial charge in [0.05, 0.1) is 11.2 Å². The zero-order valence-electron chi connectivity index (χ0n) is 14.2. The number of hydrogen-bond donors (Lipinski definition) is 0. The smallest absolute Gasteiger partial charge is 0.0730 e. The summed E-state index contributed by atoms with van der Waals surface area (Å²) < 4.78 is 2.14. The molecule has 2 nitrogen and oxygen atoms in total. The average Bonchev–Trinajstić information content (AvgIpc) is 3.07. The van der Waals surface area contributed by atoms with Crippen LogP contribution in [0.2, 0.25) is 0 Å². The predicted octanol–water partition coefficient (Wildman–Crippen LogP) is 5.62. The van der Waals surface area contributed by atoms with Gasteiger partial charge in [0.25, 0.3) is 0 Å². The van der Waals surface area contributed by atoms with Crippen molar-refractivity contribution in [3.63, 3.8) is 0 Å². The SMILES string of the molecule is Cc1cc(C)cc(-c2ccc3cc(C)c(-n4cccc4)cc3n2)c1. The van der Waals surface area contributed by atoms with Gasteiger partial charge in [-0.25, -0.2) is 4.98 Å². The van der Waals surface area contributed by atoms with E-state index in [1.807, 2.05) is 12.1 Å². The second kappa shape index (κ2) is 5.64. The summed E-state index contributed by atoms with van der Waals surface area (Å²) in [6.45, 7) is 6.41. The Hall–Kier alpha value is -2.87. The van der Waals surface area contributed by atoms with Crippen molar-refractivity contribution in [3.05, 3.63) is 83.7 Å². The van der Waals surface area contributed by atoms with Gasteiger partial charge in [0.2, 0.25) is 0 Å². The van der Waals surface area contributed by atoms with Crippen molar-refractivity contribution >= 4 is 10.9 Å². The molecule has 0 bridgehead atoms. The highest BCUT2D eigenvalue weighted by atomic mass is 14.9. The van der Waals surface area contributed by atoms with Gasteiger partial charge in [-0.2, -0.15) is 0 Å². The molecule has 0 aliphatic heterocycles. The monoisotopic (exact) mass is 312 g/mol. The summed E-state index contributed by atoms with van der Waals surface area (Å²) in [7, 11) is 0. The van der Waals surface area contributed by atoms with Crippen molar-refractivity contribution in [1.29, 1.82) is 0 Å². The first-order chi connectivity index (χ1) is 11.6. The normalized spacial score (nSPS) is 11.1. The lowest BCUT2D eigenvalue weighted by Crippen LogP contribution is -1.95. The Morgan fingerprint density at radius 1 is 0.792 bits per heavy atom. The number of pyridine rings is 1. The molecule has 0 spiro atoms. The van der Waals surface area contributed by atoms with Crippen molar-refractivity contribution in [3.8, 4) is 16.9 Å². The fourth-order valence-electron chi connectivity index (χ4n) is 3.33. The Morgan fingerprint density at radius 3 is 2.21 bits per heavy atom. The lowest BCUT2D eigenvalue weighted by Gasteiger charge is -2.11. The molecule has 0 N–H and O–H groups in total. The molecule has 4 aromatic rings. The molecule has 24 heavy (non-hydrogen) atoms. The highest BCUT2D eigenvalue weighted by Crippen LogP contribution is 2.26. The maximum atomic E-state index is 4.93. The van der Waals surface area contributed by atoms with Gasteiger partial charge < -0.3 is 4.57 Å². The summed E-state index contributed by atoms with van der Waals surface area (Å²) in [5.41, 5.74) is 8.19. The minimum absolute atomic E-state index is 1.02. The zero-order valence-corrected chi connectivity index (χ0v) is 14.2. The molecular formula is C22H20N2. The molecule has 0 amide bonds. The molecule has 2 aromatic heterocycles. The van der Waals surface area contributed by atoms with Crippen LogP contribution < -0.4 is 0 Å². The number of aryl methyl sites for hydroxylation is 3. The van der Waals surface area contributed by atoms with Gasteiger partial charge in [-0.1, -0.05) is 23.3 Å². The van der Waals surface area contributed by atoms with Crippen molar-refractivity contribution in [1.82, 2.24) is 9.55 Å². The van der Waals surface area contributed by atoms with Crippen LogP contribution in [0.25, 0.3) is 27.8 Å². The van der Waals surface area contributed by atoms with Crippen LogP contribution in [-0.2, 0) is 0 Å². The van der Waals surface area contributed by atoms with E-state index < -0.39 is 0 Å². The van der Waals surface area contributed by atoms with E-state index in [1.165, 1.54) is 33.3 Å². The van der Waals surface area contributed by atoms with Crippen LogP contribution in [0, 0.1) is 20.8 Å². The topological polar surface area (TPSA) is 17.8 Å². The van der Waals surface area contributed by atoms with E-state index in [4.69, 9.17) is 4.98 Å². The summed E-state index contributed by atoms with van der Waals surface area (Å²) in [5, 5.41) is 1.18. The summed E-state index contributed by atoms with van der Waals surface area (Å²) in [6, 6.07) is 19.3. The summed E-state index contributed by atoms with van der Waals surface area (Å²) in [6.07, 6.45) is 4.14. The maximum absolute atomic E-state index is 4.93. The van der Waals surface area contributed by atoms with Gasteiger partial charge in [-0.3, -0.25) is 0 Å². The number of fused-ring (bicyclic) bond motifs is 1. The Morgan fingerprint density at radius 2 is 1.50 bits per heavy atom. The highest BCUT2D eigenvalue weighted by molar-refractivity contribution is 5.84. The quantitative estimate of drug-likeness (QED) is 0.470. The predicted molar refractivity (Wildman–Crippen MR) is 101 cm³/mol. The van der Waals surface area contributed by atoms with E-state index >= 15 is 0 Å². The van der Waals surface area contributed by atoms with Crippen molar-refractivity contribution in [2.24, 2.45) is 0 Å². The Labute approximate surface area is 142 Å². The zero-order chi connectivity index (χ0) is 16.7. The summed E-state index contributed by atoms with van der Waals surface area (Å²) in [5.74, 6) is 0. The molecular weight excluding hydrogens is 292 g/mol. The van der Waals surface area contributed by atoms with Gasteiger partial charge in [0.15, 0.2) is 0 Å². The first kappa shape index (κ1) is 14.7. The van der Waals surface area contributed by atoms with Crippen LogP contribution in [-0.4, -0.2) is 9.55 Å². The van der Waals surface area contributed by atoms with Crippen molar-refractivity contribution in [2.75, 3.05) is 0 Å². The molecule has 0 aliphatic carbocycles. The Balaban J connectivity index is 1.89. The van der Waals surface area contributed by atoms with Crippen LogP contribution in [0.4, 0.5) is 0 Å².